The van der Waals surface area contributed by atoms with Gasteiger partial charge in [0.25, 0.3) is 0 Å². The summed E-state index contributed by atoms with van der Waals surface area (Å²) in [6.45, 7) is 5.84. The molecular formula is C18H21NO4. The van der Waals surface area contributed by atoms with Crippen molar-refractivity contribution in [2.45, 2.75) is 32.8 Å². The minimum Gasteiger partial charge on any atom is -0.478 e. The van der Waals surface area contributed by atoms with Gasteiger partial charge in [0.2, 0.25) is 0 Å². The van der Waals surface area contributed by atoms with Crippen molar-refractivity contribution in [1.82, 2.24) is 5.32 Å². The molecule has 1 aromatic rings. The van der Waals surface area contributed by atoms with Crippen molar-refractivity contribution in [2.24, 2.45) is 0 Å². The molecule has 0 radical (unpaired) electrons. The minimum absolute atomic E-state index is 0.418. The highest BCUT2D eigenvalue weighted by atomic mass is 16.6. The second kappa shape index (κ2) is 8.64. The Bertz CT molecular complexity index is 628. The summed E-state index contributed by atoms with van der Waals surface area (Å²) in [5, 5.41) is 11.2. The molecule has 1 aromatic carbocycles. The molecular weight excluding hydrogens is 294 g/mol. The minimum atomic E-state index is -0.980. The topological polar surface area (TPSA) is 75.6 Å². The lowest BCUT2D eigenvalue weighted by Gasteiger charge is -2.19. The van der Waals surface area contributed by atoms with E-state index in [2.05, 4.69) is 17.2 Å². The molecule has 0 unspecified atom stereocenters. The SMILES string of the molecule is CC(C)(C)OC(=O)NCCC#Cc1ccc(/C=C/C(=O)O)cc1. The van der Waals surface area contributed by atoms with Crippen molar-refractivity contribution in [3.8, 4) is 11.8 Å². The standard InChI is InChI=1S/C18H21NO4/c1-18(2,3)23-17(22)19-13-5-4-6-14-7-9-15(10-8-14)11-12-16(20)21/h7-12H,5,13H2,1-3H3,(H,19,22)(H,20,21)/b12-11+. The quantitative estimate of drug-likeness (QED) is 0.509. The lowest BCUT2D eigenvalue weighted by atomic mass is 10.1. The molecule has 0 aliphatic heterocycles. The van der Waals surface area contributed by atoms with Gasteiger partial charge < -0.3 is 15.2 Å². The number of carbonyl (C=O) groups is 2. The Morgan fingerprint density at radius 3 is 2.48 bits per heavy atom. The molecule has 0 fully saturated rings. The first-order valence-corrected chi connectivity index (χ1v) is 7.23. The highest BCUT2D eigenvalue weighted by molar-refractivity contribution is 5.85. The van der Waals surface area contributed by atoms with Gasteiger partial charge in [0.1, 0.15) is 5.60 Å². The van der Waals surface area contributed by atoms with Gasteiger partial charge in [0.05, 0.1) is 0 Å². The summed E-state index contributed by atoms with van der Waals surface area (Å²) in [4.78, 5) is 21.8. The van der Waals surface area contributed by atoms with Crippen molar-refractivity contribution >= 4 is 18.1 Å². The summed E-state index contributed by atoms with van der Waals surface area (Å²) >= 11 is 0. The van der Waals surface area contributed by atoms with Crippen LogP contribution in [0.1, 0.15) is 38.3 Å². The second-order valence-corrected chi connectivity index (χ2v) is 5.77. The fourth-order valence-electron chi connectivity index (χ4n) is 1.55. The number of carboxylic acid groups (broad SMARTS) is 1. The molecule has 122 valence electrons. The number of hydrogen-bond acceptors (Lipinski definition) is 3. The normalized spacial score (nSPS) is 10.7. The molecule has 0 aliphatic carbocycles. The number of carboxylic acids is 1. The third kappa shape index (κ3) is 8.99. The Hall–Kier alpha value is -2.74. The van der Waals surface area contributed by atoms with E-state index in [1.54, 1.807) is 12.1 Å². The Morgan fingerprint density at radius 1 is 1.26 bits per heavy atom. The zero-order chi connectivity index (χ0) is 17.3. The molecule has 0 aliphatic rings. The Labute approximate surface area is 136 Å². The number of alkyl carbamates (subject to hydrolysis) is 1. The fraction of sp³-hybridized carbons (Fsp3) is 0.333. The average Bonchev–Trinajstić information content (AvgIpc) is 2.44. The maximum absolute atomic E-state index is 11.4. The molecule has 0 aromatic heterocycles. The number of nitrogens with one attached hydrogen (secondary N) is 1. The van der Waals surface area contributed by atoms with E-state index in [4.69, 9.17) is 9.84 Å². The van der Waals surface area contributed by atoms with Crippen LogP contribution in [0.2, 0.25) is 0 Å². The van der Waals surface area contributed by atoms with Crippen LogP contribution in [0.15, 0.2) is 30.3 Å². The number of aliphatic carboxylic acids is 1. The Balaban J connectivity index is 2.39. The van der Waals surface area contributed by atoms with Crippen molar-refractivity contribution in [3.05, 3.63) is 41.5 Å². The van der Waals surface area contributed by atoms with Gasteiger partial charge >= 0.3 is 12.1 Å². The van der Waals surface area contributed by atoms with Gasteiger partial charge in [-0.3, -0.25) is 0 Å². The van der Waals surface area contributed by atoms with Crippen molar-refractivity contribution in [2.75, 3.05) is 6.54 Å². The van der Waals surface area contributed by atoms with Crippen molar-refractivity contribution in [1.29, 1.82) is 0 Å². The number of amides is 1. The first-order valence-electron chi connectivity index (χ1n) is 7.23. The molecule has 5 nitrogen and oxygen atoms in total. The zero-order valence-corrected chi connectivity index (χ0v) is 13.6. The maximum atomic E-state index is 11.4. The van der Waals surface area contributed by atoms with Crippen LogP contribution in [0.5, 0.6) is 0 Å². The fourth-order valence-corrected chi connectivity index (χ4v) is 1.55. The molecule has 23 heavy (non-hydrogen) atoms. The molecule has 1 amide bonds. The molecule has 0 heterocycles. The predicted molar refractivity (Wildman–Crippen MR) is 88.8 cm³/mol. The summed E-state index contributed by atoms with van der Waals surface area (Å²) in [6, 6.07) is 7.22. The number of hydrogen-bond donors (Lipinski definition) is 2. The molecule has 0 atom stereocenters. The van der Waals surface area contributed by atoms with Crippen LogP contribution < -0.4 is 5.32 Å². The number of ether oxygens (including phenoxy) is 1. The van der Waals surface area contributed by atoms with E-state index in [0.717, 1.165) is 17.2 Å². The number of rotatable bonds is 4. The van der Waals surface area contributed by atoms with E-state index in [9.17, 15) is 9.59 Å². The molecule has 2 N–H and O–H groups in total. The van der Waals surface area contributed by atoms with E-state index >= 15 is 0 Å². The average molecular weight is 315 g/mol. The van der Waals surface area contributed by atoms with Crippen LogP contribution in [-0.2, 0) is 9.53 Å². The Kier molecular flexibility index (Phi) is 6.88. The van der Waals surface area contributed by atoms with Gasteiger partial charge in [-0.1, -0.05) is 24.0 Å². The summed E-state index contributed by atoms with van der Waals surface area (Å²) < 4.78 is 5.11. The second-order valence-electron chi connectivity index (χ2n) is 5.77. The predicted octanol–water partition coefficient (Wildman–Crippen LogP) is 3.05. The molecule has 0 saturated carbocycles. The molecule has 0 spiro atoms. The number of benzene rings is 1. The third-order valence-electron chi connectivity index (χ3n) is 2.48. The van der Waals surface area contributed by atoms with Crippen molar-refractivity contribution < 1.29 is 19.4 Å². The Morgan fingerprint density at radius 2 is 1.91 bits per heavy atom. The van der Waals surface area contributed by atoms with Crippen LogP contribution in [0.4, 0.5) is 4.79 Å². The lowest BCUT2D eigenvalue weighted by molar-refractivity contribution is -0.131. The summed E-state index contributed by atoms with van der Waals surface area (Å²) in [5.41, 5.74) is 1.12. The summed E-state index contributed by atoms with van der Waals surface area (Å²) in [7, 11) is 0. The smallest absolute Gasteiger partial charge is 0.407 e. The van der Waals surface area contributed by atoms with Crippen LogP contribution in [0.3, 0.4) is 0 Å². The number of carbonyl (C=O) groups excluding carboxylic acids is 1. The van der Waals surface area contributed by atoms with Crippen LogP contribution in [0, 0.1) is 11.8 Å². The van der Waals surface area contributed by atoms with Gasteiger partial charge in [-0.2, -0.15) is 0 Å². The first-order chi connectivity index (χ1) is 10.8. The van der Waals surface area contributed by atoms with Gasteiger partial charge in [0.15, 0.2) is 0 Å². The largest absolute Gasteiger partial charge is 0.478 e. The highest BCUT2D eigenvalue weighted by Crippen LogP contribution is 2.06. The lowest BCUT2D eigenvalue weighted by Crippen LogP contribution is -2.32. The van der Waals surface area contributed by atoms with Crippen molar-refractivity contribution in [3.63, 3.8) is 0 Å². The molecule has 0 saturated heterocycles. The van der Waals surface area contributed by atoms with Gasteiger partial charge in [0, 0.05) is 24.6 Å². The maximum Gasteiger partial charge on any atom is 0.407 e. The van der Waals surface area contributed by atoms with Gasteiger partial charge in [-0.05, 0) is 44.5 Å². The highest BCUT2D eigenvalue weighted by Gasteiger charge is 2.15. The molecule has 5 heteroatoms. The summed E-state index contributed by atoms with van der Waals surface area (Å²) in [6.07, 6.45) is 2.67. The summed E-state index contributed by atoms with van der Waals surface area (Å²) in [5.74, 6) is 4.95. The third-order valence-corrected chi connectivity index (χ3v) is 2.48. The zero-order valence-electron chi connectivity index (χ0n) is 13.6. The van der Waals surface area contributed by atoms with Crippen LogP contribution in [-0.4, -0.2) is 29.3 Å². The van der Waals surface area contributed by atoms with Gasteiger partial charge in [-0.25, -0.2) is 9.59 Å². The van der Waals surface area contributed by atoms with E-state index < -0.39 is 17.7 Å². The van der Waals surface area contributed by atoms with Crippen LogP contribution >= 0.6 is 0 Å². The monoisotopic (exact) mass is 315 g/mol. The van der Waals surface area contributed by atoms with E-state index in [1.165, 1.54) is 6.08 Å². The molecule has 1 rings (SSSR count). The molecule has 0 bridgehead atoms. The van der Waals surface area contributed by atoms with Crippen LogP contribution in [0.25, 0.3) is 6.08 Å². The van der Waals surface area contributed by atoms with E-state index in [1.807, 2.05) is 32.9 Å². The van der Waals surface area contributed by atoms with E-state index in [0.29, 0.717) is 13.0 Å². The van der Waals surface area contributed by atoms with E-state index in [-0.39, 0.29) is 0 Å². The van der Waals surface area contributed by atoms with Gasteiger partial charge in [-0.15, -0.1) is 0 Å². The first kappa shape index (κ1) is 18.3.